The van der Waals surface area contributed by atoms with Gasteiger partial charge in [0.15, 0.2) is 0 Å². The third kappa shape index (κ3) is 3.49. The van der Waals surface area contributed by atoms with E-state index >= 15 is 0 Å². The van der Waals surface area contributed by atoms with Crippen molar-refractivity contribution < 1.29 is 14.3 Å². The van der Waals surface area contributed by atoms with Crippen LogP contribution >= 0.6 is 15.9 Å². The molecular formula is C17H21BrO3. The predicted molar refractivity (Wildman–Crippen MR) is 84.8 cm³/mol. The van der Waals surface area contributed by atoms with Crippen LogP contribution in [0.3, 0.4) is 0 Å². The van der Waals surface area contributed by atoms with E-state index in [9.17, 15) is 4.79 Å². The van der Waals surface area contributed by atoms with Crippen LogP contribution in [-0.4, -0.2) is 25.1 Å². The maximum Gasteiger partial charge on any atom is 0.137 e. The van der Waals surface area contributed by atoms with Gasteiger partial charge >= 0.3 is 0 Å². The van der Waals surface area contributed by atoms with Gasteiger partial charge in [-0.15, -0.1) is 0 Å². The molecule has 114 valence electrons. The van der Waals surface area contributed by atoms with Gasteiger partial charge in [0.1, 0.15) is 11.5 Å². The van der Waals surface area contributed by atoms with Gasteiger partial charge in [-0.3, -0.25) is 4.79 Å². The highest BCUT2D eigenvalue weighted by Gasteiger charge is 2.31. The molecule has 0 spiro atoms. The van der Waals surface area contributed by atoms with E-state index in [2.05, 4.69) is 22.0 Å². The summed E-state index contributed by atoms with van der Waals surface area (Å²) in [5.74, 6) is 1.76. The largest absolute Gasteiger partial charge is 0.493 e. The van der Waals surface area contributed by atoms with Crippen molar-refractivity contribution in [3.05, 3.63) is 27.7 Å². The number of benzene rings is 1. The van der Waals surface area contributed by atoms with Crippen molar-refractivity contribution in [1.29, 1.82) is 0 Å². The summed E-state index contributed by atoms with van der Waals surface area (Å²) in [6.07, 6.45) is 4.54. The van der Waals surface area contributed by atoms with E-state index in [4.69, 9.17) is 9.47 Å². The first-order chi connectivity index (χ1) is 10.2. The van der Waals surface area contributed by atoms with Crippen LogP contribution in [0.5, 0.6) is 5.75 Å². The molecule has 0 saturated heterocycles. The summed E-state index contributed by atoms with van der Waals surface area (Å²) in [6, 6.07) is 4.11. The van der Waals surface area contributed by atoms with E-state index in [1.807, 2.05) is 13.0 Å². The molecule has 0 bridgehead atoms. The lowest BCUT2D eigenvalue weighted by Gasteiger charge is -2.34. The molecule has 1 aromatic carbocycles. The molecule has 2 aliphatic rings. The quantitative estimate of drug-likeness (QED) is 0.782. The zero-order valence-corrected chi connectivity index (χ0v) is 13.9. The van der Waals surface area contributed by atoms with Crippen molar-refractivity contribution in [2.45, 2.75) is 45.1 Å². The Morgan fingerprint density at radius 2 is 2.24 bits per heavy atom. The molecule has 4 heteroatoms. The number of hydrogen-bond acceptors (Lipinski definition) is 3. The zero-order valence-electron chi connectivity index (χ0n) is 12.4. The molecule has 0 N–H and O–H groups in total. The van der Waals surface area contributed by atoms with Crippen LogP contribution in [0, 0.1) is 5.92 Å². The topological polar surface area (TPSA) is 35.5 Å². The lowest BCUT2D eigenvalue weighted by atomic mass is 9.78. The van der Waals surface area contributed by atoms with Gasteiger partial charge in [0.25, 0.3) is 0 Å². The average Bonchev–Trinajstić information content (AvgIpc) is 2.84. The molecule has 1 saturated carbocycles. The highest BCUT2D eigenvalue weighted by atomic mass is 79.9. The number of carbonyl (C=O) groups is 1. The second-order valence-electron chi connectivity index (χ2n) is 5.99. The maximum absolute atomic E-state index is 12.3. The molecule has 0 atom stereocenters. The molecule has 0 amide bonds. The van der Waals surface area contributed by atoms with Crippen molar-refractivity contribution in [1.82, 2.24) is 0 Å². The van der Waals surface area contributed by atoms with E-state index in [0.29, 0.717) is 30.6 Å². The van der Waals surface area contributed by atoms with Gasteiger partial charge in [-0.1, -0.05) is 15.9 Å². The zero-order chi connectivity index (χ0) is 14.8. The summed E-state index contributed by atoms with van der Waals surface area (Å²) >= 11 is 3.52. The lowest BCUT2D eigenvalue weighted by molar-refractivity contribution is -0.121. The van der Waals surface area contributed by atoms with Gasteiger partial charge in [-0.25, -0.2) is 0 Å². The number of hydrogen-bond donors (Lipinski definition) is 0. The molecule has 1 fully saturated rings. The first kappa shape index (κ1) is 15.0. The Kier molecular flexibility index (Phi) is 4.65. The minimum Gasteiger partial charge on any atom is -0.493 e. The normalized spacial score (nSPS) is 23.3. The Hall–Kier alpha value is -0.870. The molecular weight excluding hydrogens is 332 g/mol. The van der Waals surface area contributed by atoms with Gasteiger partial charge < -0.3 is 9.47 Å². The SMILES string of the molecule is CCOC1CC(CC(=O)Cc2cc(Br)cc3c2OCC3)C1. The van der Waals surface area contributed by atoms with E-state index in [1.54, 1.807) is 0 Å². The number of carbonyl (C=O) groups excluding carboxylic acids is 1. The second kappa shape index (κ2) is 6.49. The number of rotatable bonds is 6. The number of halogens is 1. The van der Waals surface area contributed by atoms with Crippen LogP contribution < -0.4 is 4.74 Å². The Morgan fingerprint density at radius 3 is 3.00 bits per heavy atom. The first-order valence-electron chi connectivity index (χ1n) is 7.73. The number of ketones is 1. The van der Waals surface area contributed by atoms with Crippen LogP contribution in [-0.2, 0) is 22.4 Å². The number of Topliss-reactive ketones (excluding diaryl/α,β-unsaturated/α-hetero) is 1. The molecule has 0 radical (unpaired) electrons. The molecule has 0 unspecified atom stereocenters. The fraction of sp³-hybridized carbons (Fsp3) is 0.588. The van der Waals surface area contributed by atoms with E-state index in [1.165, 1.54) is 5.56 Å². The van der Waals surface area contributed by atoms with Crippen LogP contribution in [0.25, 0.3) is 0 Å². The fourth-order valence-corrected chi connectivity index (χ4v) is 3.85. The summed E-state index contributed by atoms with van der Waals surface area (Å²) in [4.78, 5) is 12.3. The van der Waals surface area contributed by atoms with Crippen molar-refractivity contribution in [2.24, 2.45) is 5.92 Å². The summed E-state index contributed by atoms with van der Waals surface area (Å²) in [5.41, 5.74) is 2.25. The van der Waals surface area contributed by atoms with Gasteiger partial charge in [0.2, 0.25) is 0 Å². The van der Waals surface area contributed by atoms with Crippen molar-refractivity contribution in [3.63, 3.8) is 0 Å². The molecule has 0 aromatic heterocycles. The van der Waals surface area contributed by atoms with Crippen LogP contribution in [0.4, 0.5) is 0 Å². The third-order valence-corrected chi connectivity index (χ3v) is 4.78. The third-order valence-electron chi connectivity index (χ3n) is 4.32. The Labute approximate surface area is 134 Å². The monoisotopic (exact) mass is 352 g/mol. The van der Waals surface area contributed by atoms with Crippen LogP contribution in [0.2, 0.25) is 0 Å². The van der Waals surface area contributed by atoms with E-state index < -0.39 is 0 Å². The Bertz CT molecular complexity index is 535. The molecule has 21 heavy (non-hydrogen) atoms. The molecule has 1 aromatic rings. The lowest BCUT2D eigenvalue weighted by Crippen LogP contribution is -2.33. The van der Waals surface area contributed by atoms with Crippen molar-refractivity contribution in [2.75, 3.05) is 13.2 Å². The summed E-state index contributed by atoms with van der Waals surface area (Å²) in [6.45, 7) is 3.52. The minimum absolute atomic E-state index is 0.311. The first-order valence-corrected chi connectivity index (χ1v) is 8.52. The van der Waals surface area contributed by atoms with Crippen LogP contribution in [0.1, 0.15) is 37.3 Å². The second-order valence-corrected chi connectivity index (χ2v) is 6.90. The van der Waals surface area contributed by atoms with Crippen molar-refractivity contribution in [3.8, 4) is 5.75 Å². The van der Waals surface area contributed by atoms with Gasteiger partial charge in [0.05, 0.1) is 12.7 Å². The highest BCUT2D eigenvalue weighted by molar-refractivity contribution is 9.10. The predicted octanol–water partition coefficient (Wildman–Crippen LogP) is 3.70. The standard InChI is InChI=1S/C17H21BrO3/c1-2-20-16-6-11(7-16)5-15(19)10-13-9-14(18)8-12-3-4-21-17(12)13/h8-9,11,16H,2-7,10H2,1H3. The molecule has 1 heterocycles. The van der Waals surface area contributed by atoms with E-state index in [-0.39, 0.29) is 0 Å². The average molecular weight is 353 g/mol. The number of fused-ring (bicyclic) bond motifs is 1. The summed E-state index contributed by atoms with van der Waals surface area (Å²) < 4.78 is 12.3. The van der Waals surface area contributed by atoms with Gasteiger partial charge in [-0.05, 0) is 43.4 Å². The summed E-state index contributed by atoms with van der Waals surface area (Å²) in [7, 11) is 0. The smallest absolute Gasteiger partial charge is 0.137 e. The number of ether oxygens (including phenoxy) is 2. The highest BCUT2D eigenvalue weighted by Crippen LogP contribution is 2.36. The van der Waals surface area contributed by atoms with Gasteiger partial charge in [-0.2, -0.15) is 0 Å². The minimum atomic E-state index is 0.311. The van der Waals surface area contributed by atoms with E-state index in [0.717, 1.165) is 48.3 Å². The summed E-state index contributed by atoms with van der Waals surface area (Å²) in [5, 5.41) is 0. The molecule has 1 aliphatic carbocycles. The molecule has 1 aliphatic heterocycles. The fourth-order valence-electron chi connectivity index (χ4n) is 3.30. The van der Waals surface area contributed by atoms with Gasteiger partial charge in [0, 0.05) is 35.9 Å². The molecule has 3 nitrogen and oxygen atoms in total. The Morgan fingerprint density at radius 1 is 1.43 bits per heavy atom. The maximum atomic E-state index is 12.3. The Balaban J connectivity index is 1.56. The molecule has 3 rings (SSSR count). The van der Waals surface area contributed by atoms with Crippen LogP contribution in [0.15, 0.2) is 16.6 Å². The van der Waals surface area contributed by atoms with Crippen molar-refractivity contribution >= 4 is 21.7 Å².